The minimum atomic E-state index is -0.0167. The van der Waals surface area contributed by atoms with Gasteiger partial charge in [0.1, 0.15) is 5.82 Å². The van der Waals surface area contributed by atoms with Crippen LogP contribution in [0.25, 0.3) is 17.0 Å². The van der Waals surface area contributed by atoms with Gasteiger partial charge >= 0.3 is 0 Å². The van der Waals surface area contributed by atoms with E-state index in [1.807, 2.05) is 36.5 Å². The smallest absolute Gasteiger partial charge is 0.261 e. The van der Waals surface area contributed by atoms with Gasteiger partial charge in [-0.1, -0.05) is 43.5 Å². The Balaban J connectivity index is 1.50. The molecule has 7 nitrogen and oxygen atoms in total. The van der Waals surface area contributed by atoms with Crippen molar-refractivity contribution >= 4 is 23.2 Å². The molecule has 0 amide bonds. The van der Waals surface area contributed by atoms with Gasteiger partial charge in [-0.05, 0) is 44.2 Å². The number of fused-ring (bicyclic) bond motifs is 1. The molecule has 0 spiro atoms. The Morgan fingerprint density at radius 3 is 2.64 bits per heavy atom. The quantitative estimate of drug-likeness (QED) is 0.375. The summed E-state index contributed by atoms with van der Waals surface area (Å²) in [5, 5.41) is 0.692. The van der Waals surface area contributed by atoms with Gasteiger partial charge in [0.05, 0.1) is 18.9 Å². The van der Waals surface area contributed by atoms with Crippen LogP contribution >= 0.6 is 11.6 Å². The first-order valence-electron chi connectivity index (χ1n) is 13.6. The number of benzene rings is 1. The third-order valence-electron chi connectivity index (χ3n) is 7.62. The number of hydrogen-bond donors (Lipinski definition) is 0. The highest BCUT2D eigenvalue weighted by molar-refractivity contribution is 6.30. The van der Waals surface area contributed by atoms with Crippen LogP contribution in [0, 0.1) is 0 Å². The second-order valence-corrected chi connectivity index (χ2v) is 10.5. The van der Waals surface area contributed by atoms with Crippen LogP contribution in [-0.2, 0) is 11.3 Å². The molecule has 8 heteroatoms. The average molecular weight is 512 g/mol. The first-order chi connectivity index (χ1) is 17.6. The Labute approximate surface area is 218 Å². The van der Waals surface area contributed by atoms with Crippen LogP contribution in [0.5, 0.6) is 0 Å². The normalized spacial score (nSPS) is 19.3. The summed E-state index contributed by atoms with van der Waals surface area (Å²) in [6, 6.07) is 9.94. The Morgan fingerprint density at radius 2 is 1.86 bits per heavy atom. The molecule has 0 N–H and O–H groups in total. The van der Waals surface area contributed by atoms with Crippen molar-refractivity contribution in [3.8, 4) is 11.3 Å². The summed E-state index contributed by atoms with van der Waals surface area (Å²) in [5.74, 6) is 1.76. The highest BCUT2D eigenvalue weighted by atomic mass is 35.5. The fourth-order valence-electron chi connectivity index (χ4n) is 5.57. The monoisotopic (exact) mass is 511 g/mol. The molecule has 0 saturated carbocycles. The van der Waals surface area contributed by atoms with Gasteiger partial charge in [-0.2, -0.15) is 0 Å². The Bertz CT molecular complexity index is 1200. The lowest BCUT2D eigenvalue weighted by molar-refractivity contribution is 0.0362. The van der Waals surface area contributed by atoms with Crippen molar-refractivity contribution in [2.45, 2.75) is 64.5 Å². The minimum Gasteiger partial charge on any atom is -0.379 e. The first kappa shape index (κ1) is 25.3. The molecule has 2 saturated heterocycles. The number of anilines is 1. The molecule has 1 atom stereocenters. The molecule has 2 fully saturated rings. The second kappa shape index (κ2) is 11.8. The molecule has 0 aliphatic carbocycles. The number of rotatable bonds is 9. The molecule has 2 aromatic heterocycles. The summed E-state index contributed by atoms with van der Waals surface area (Å²) in [4.78, 5) is 23.4. The largest absolute Gasteiger partial charge is 0.379 e. The van der Waals surface area contributed by atoms with Crippen LogP contribution in [0.15, 0.2) is 41.3 Å². The molecular formula is C28H38ClN5O2. The number of hydrogen-bond acceptors (Lipinski definition) is 5. The van der Waals surface area contributed by atoms with Crippen LogP contribution in [0.3, 0.4) is 0 Å². The molecule has 4 heterocycles. The highest BCUT2D eigenvalue weighted by Crippen LogP contribution is 2.29. The molecule has 3 aromatic rings. The SMILES string of the molecule is CCCCCn1c(N2CCCCC2CCN2CCOCC2)cc(=O)n2cc(-c3ccc(Cl)cc3)nc12. The maximum Gasteiger partial charge on any atom is 0.261 e. The van der Waals surface area contributed by atoms with Gasteiger partial charge in [0.2, 0.25) is 5.78 Å². The van der Waals surface area contributed by atoms with Crippen molar-refractivity contribution in [3.05, 3.63) is 51.9 Å². The standard InChI is InChI=1S/C28H38ClN5O2/c1-2-3-5-14-33-26(32-13-6-4-7-24(32)12-15-31-16-18-36-19-17-31)20-27(35)34-21-25(30-28(33)34)22-8-10-23(29)11-9-22/h8-11,20-21,24H,2-7,12-19H2,1H3. The lowest BCUT2D eigenvalue weighted by atomic mass is 9.99. The van der Waals surface area contributed by atoms with Crippen LogP contribution < -0.4 is 10.5 Å². The summed E-state index contributed by atoms with van der Waals surface area (Å²) in [6.45, 7) is 8.84. The van der Waals surface area contributed by atoms with E-state index in [4.69, 9.17) is 21.3 Å². The highest BCUT2D eigenvalue weighted by Gasteiger charge is 2.27. The number of ether oxygens (including phenoxy) is 1. The zero-order valence-electron chi connectivity index (χ0n) is 21.4. The molecule has 5 rings (SSSR count). The predicted molar refractivity (Wildman–Crippen MR) is 146 cm³/mol. The number of piperidine rings is 1. The number of imidazole rings is 1. The van der Waals surface area contributed by atoms with Gasteiger partial charge in [-0.3, -0.25) is 18.7 Å². The van der Waals surface area contributed by atoms with E-state index in [9.17, 15) is 4.79 Å². The fourth-order valence-corrected chi connectivity index (χ4v) is 5.70. The van der Waals surface area contributed by atoms with Gasteiger partial charge in [0.15, 0.2) is 0 Å². The maximum atomic E-state index is 13.4. The van der Waals surface area contributed by atoms with E-state index in [1.165, 1.54) is 12.8 Å². The zero-order valence-corrected chi connectivity index (χ0v) is 22.1. The van der Waals surface area contributed by atoms with E-state index in [0.29, 0.717) is 11.1 Å². The first-order valence-corrected chi connectivity index (χ1v) is 14.0. The van der Waals surface area contributed by atoms with Gasteiger partial charge < -0.3 is 9.64 Å². The molecular weight excluding hydrogens is 474 g/mol. The minimum absolute atomic E-state index is 0.0167. The van der Waals surface area contributed by atoms with Gasteiger partial charge in [0, 0.05) is 61.6 Å². The van der Waals surface area contributed by atoms with Crippen molar-refractivity contribution in [3.63, 3.8) is 0 Å². The third kappa shape index (κ3) is 5.63. The van der Waals surface area contributed by atoms with E-state index < -0.39 is 0 Å². The van der Waals surface area contributed by atoms with Crippen molar-refractivity contribution in [1.29, 1.82) is 0 Å². The fraction of sp³-hybridized carbons (Fsp3) is 0.571. The van der Waals surface area contributed by atoms with Crippen molar-refractivity contribution in [1.82, 2.24) is 18.9 Å². The molecule has 1 unspecified atom stereocenters. The van der Waals surface area contributed by atoms with Crippen molar-refractivity contribution in [2.24, 2.45) is 0 Å². The molecule has 194 valence electrons. The topological polar surface area (TPSA) is 55.0 Å². The summed E-state index contributed by atoms with van der Waals surface area (Å²) in [5.41, 5.74) is 1.75. The number of nitrogens with zero attached hydrogens (tertiary/aromatic N) is 5. The lowest BCUT2D eigenvalue weighted by Crippen LogP contribution is -2.45. The number of unbranched alkanes of at least 4 members (excludes halogenated alkanes) is 2. The molecule has 0 bridgehead atoms. The number of aromatic nitrogens is 3. The molecule has 36 heavy (non-hydrogen) atoms. The predicted octanol–water partition coefficient (Wildman–Crippen LogP) is 5.09. The molecule has 1 aromatic carbocycles. The summed E-state index contributed by atoms with van der Waals surface area (Å²) in [6.07, 6.45) is 9.93. The Kier molecular flexibility index (Phi) is 8.29. The van der Waals surface area contributed by atoms with Gasteiger partial charge in [-0.25, -0.2) is 4.98 Å². The second-order valence-electron chi connectivity index (χ2n) is 10.1. The Morgan fingerprint density at radius 1 is 1.06 bits per heavy atom. The lowest BCUT2D eigenvalue weighted by Gasteiger charge is -2.40. The molecule has 0 radical (unpaired) electrons. The summed E-state index contributed by atoms with van der Waals surface area (Å²) < 4.78 is 9.54. The maximum absolute atomic E-state index is 13.4. The summed E-state index contributed by atoms with van der Waals surface area (Å²) >= 11 is 6.10. The third-order valence-corrected chi connectivity index (χ3v) is 7.88. The van der Waals surface area contributed by atoms with E-state index in [2.05, 4.69) is 21.3 Å². The van der Waals surface area contributed by atoms with Crippen LogP contribution in [0.2, 0.25) is 5.02 Å². The van der Waals surface area contributed by atoms with Crippen LogP contribution in [-0.4, -0.2) is 64.3 Å². The number of aryl methyl sites for hydroxylation is 1. The average Bonchev–Trinajstić information content (AvgIpc) is 3.36. The molecule has 2 aliphatic heterocycles. The van der Waals surface area contributed by atoms with Crippen LogP contribution in [0.4, 0.5) is 5.82 Å². The number of halogens is 1. The van der Waals surface area contributed by atoms with Crippen molar-refractivity contribution < 1.29 is 4.74 Å². The van der Waals surface area contributed by atoms with E-state index >= 15 is 0 Å². The number of morpholine rings is 1. The van der Waals surface area contributed by atoms with E-state index in [-0.39, 0.29) is 5.56 Å². The van der Waals surface area contributed by atoms with Gasteiger partial charge in [0.25, 0.3) is 5.56 Å². The zero-order chi connectivity index (χ0) is 24.9. The van der Waals surface area contributed by atoms with Crippen LogP contribution in [0.1, 0.15) is 51.9 Å². The summed E-state index contributed by atoms with van der Waals surface area (Å²) in [7, 11) is 0. The van der Waals surface area contributed by atoms with E-state index in [1.54, 1.807) is 4.40 Å². The van der Waals surface area contributed by atoms with E-state index in [0.717, 1.165) is 101 Å². The van der Waals surface area contributed by atoms with Crippen molar-refractivity contribution in [2.75, 3.05) is 44.3 Å². The molecule has 2 aliphatic rings. The Hall–Kier alpha value is -2.35. The van der Waals surface area contributed by atoms with Gasteiger partial charge in [-0.15, -0.1) is 0 Å².